The second-order valence-electron chi connectivity index (χ2n) is 4.14. The molecule has 0 fully saturated rings. The summed E-state index contributed by atoms with van der Waals surface area (Å²) in [6.45, 7) is 6.48. The SMILES string of the molecule is Cc1cnc(CNC(=O)C(C)(C)CN)s1. The molecule has 0 unspecified atom stereocenters. The number of amides is 1. The Balaban J connectivity index is 2.47. The molecule has 0 atom stereocenters. The molecule has 1 rings (SSSR count). The number of hydrogen-bond donors (Lipinski definition) is 2. The third-order valence-electron chi connectivity index (χ3n) is 2.19. The van der Waals surface area contributed by atoms with E-state index in [9.17, 15) is 4.79 Å². The predicted octanol–water partition coefficient (Wildman–Crippen LogP) is 1.05. The minimum absolute atomic E-state index is 0.0298. The monoisotopic (exact) mass is 227 g/mol. The maximum Gasteiger partial charge on any atom is 0.227 e. The van der Waals surface area contributed by atoms with Crippen LogP contribution in [0.4, 0.5) is 0 Å². The largest absolute Gasteiger partial charge is 0.349 e. The average Bonchev–Trinajstić information content (AvgIpc) is 2.60. The van der Waals surface area contributed by atoms with Crippen LogP contribution in [0.5, 0.6) is 0 Å². The summed E-state index contributed by atoms with van der Waals surface area (Å²) < 4.78 is 0. The molecule has 1 aromatic heterocycles. The van der Waals surface area contributed by atoms with Crippen molar-refractivity contribution in [2.75, 3.05) is 6.54 Å². The summed E-state index contributed by atoms with van der Waals surface area (Å²) >= 11 is 1.59. The Bertz CT molecular complexity index is 346. The maximum atomic E-state index is 11.7. The van der Waals surface area contributed by atoms with Gasteiger partial charge >= 0.3 is 0 Å². The van der Waals surface area contributed by atoms with Crippen molar-refractivity contribution >= 4 is 17.2 Å². The summed E-state index contributed by atoms with van der Waals surface area (Å²) in [7, 11) is 0. The zero-order valence-electron chi connectivity index (χ0n) is 9.33. The Labute approximate surface area is 93.9 Å². The van der Waals surface area contributed by atoms with Crippen LogP contribution in [0.2, 0.25) is 0 Å². The lowest BCUT2D eigenvalue weighted by Crippen LogP contribution is -2.41. The molecule has 0 radical (unpaired) electrons. The quantitative estimate of drug-likeness (QED) is 0.808. The van der Waals surface area contributed by atoms with Gasteiger partial charge < -0.3 is 11.1 Å². The van der Waals surface area contributed by atoms with Gasteiger partial charge in [0.25, 0.3) is 0 Å². The summed E-state index contributed by atoms with van der Waals surface area (Å²) in [6.07, 6.45) is 1.81. The van der Waals surface area contributed by atoms with Gasteiger partial charge in [0.2, 0.25) is 5.91 Å². The first-order valence-electron chi connectivity index (χ1n) is 4.85. The molecule has 0 aromatic carbocycles. The third kappa shape index (κ3) is 3.28. The van der Waals surface area contributed by atoms with Crippen molar-refractivity contribution in [2.45, 2.75) is 27.3 Å². The van der Waals surface area contributed by atoms with Crippen LogP contribution in [0, 0.1) is 12.3 Å². The third-order valence-corrected chi connectivity index (χ3v) is 3.11. The fourth-order valence-corrected chi connectivity index (χ4v) is 1.70. The molecule has 15 heavy (non-hydrogen) atoms. The van der Waals surface area contributed by atoms with E-state index in [-0.39, 0.29) is 5.91 Å². The molecule has 0 aliphatic rings. The highest BCUT2D eigenvalue weighted by Gasteiger charge is 2.25. The lowest BCUT2D eigenvalue weighted by Gasteiger charge is -2.20. The van der Waals surface area contributed by atoms with E-state index in [1.54, 1.807) is 17.5 Å². The Morgan fingerprint density at radius 1 is 1.67 bits per heavy atom. The number of carbonyl (C=O) groups is 1. The van der Waals surface area contributed by atoms with E-state index in [1.807, 2.05) is 20.8 Å². The highest BCUT2D eigenvalue weighted by atomic mass is 32.1. The minimum Gasteiger partial charge on any atom is -0.349 e. The molecule has 1 heterocycles. The molecule has 5 heteroatoms. The number of aryl methyl sites for hydroxylation is 1. The molecule has 0 aliphatic heterocycles. The molecular formula is C10H17N3OS. The Morgan fingerprint density at radius 3 is 2.80 bits per heavy atom. The molecule has 1 amide bonds. The molecule has 84 valence electrons. The molecule has 4 nitrogen and oxygen atoms in total. The van der Waals surface area contributed by atoms with Gasteiger partial charge in [-0.25, -0.2) is 4.98 Å². The minimum atomic E-state index is -0.508. The van der Waals surface area contributed by atoms with Gasteiger partial charge in [0, 0.05) is 17.6 Å². The van der Waals surface area contributed by atoms with Crippen molar-refractivity contribution in [1.29, 1.82) is 0 Å². The molecule has 0 saturated carbocycles. The van der Waals surface area contributed by atoms with Crippen LogP contribution in [0.25, 0.3) is 0 Å². The van der Waals surface area contributed by atoms with Crippen LogP contribution in [0.3, 0.4) is 0 Å². The van der Waals surface area contributed by atoms with Crippen LogP contribution in [0.15, 0.2) is 6.20 Å². The standard InChI is InChI=1S/C10H17N3OS/c1-7-4-12-8(15-7)5-13-9(14)10(2,3)6-11/h4H,5-6,11H2,1-3H3,(H,13,14). The summed E-state index contributed by atoms with van der Waals surface area (Å²) in [5.41, 5.74) is 5.00. The smallest absolute Gasteiger partial charge is 0.227 e. The summed E-state index contributed by atoms with van der Waals surface area (Å²) in [5.74, 6) is -0.0298. The Morgan fingerprint density at radius 2 is 2.33 bits per heavy atom. The van der Waals surface area contributed by atoms with Crippen molar-refractivity contribution < 1.29 is 4.79 Å². The van der Waals surface area contributed by atoms with Gasteiger partial charge in [-0.15, -0.1) is 11.3 Å². The number of carbonyl (C=O) groups excluding carboxylic acids is 1. The second kappa shape index (κ2) is 4.72. The first kappa shape index (κ1) is 12.1. The van der Waals surface area contributed by atoms with E-state index in [0.717, 1.165) is 9.88 Å². The number of rotatable bonds is 4. The Hall–Kier alpha value is -0.940. The highest BCUT2D eigenvalue weighted by Crippen LogP contribution is 2.14. The number of thiazole rings is 1. The van der Waals surface area contributed by atoms with Gasteiger partial charge in [-0.3, -0.25) is 4.79 Å². The molecule has 3 N–H and O–H groups in total. The average molecular weight is 227 g/mol. The molecule has 0 bridgehead atoms. The predicted molar refractivity (Wildman–Crippen MR) is 61.5 cm³/mol. The topological polar surface area (TPSA) is 68.0 Å². The van der Waals surface area contributed by atoms with Gasteiger partial charge in [-0.2, -0.15) is 0 Å². The lowest BCUT2D eigenvalue weighted by atomic mass is 9.93. The lowest BCUT2D eigenvalue weighted by molar-refractivity contribution is -0.129. The van der Waals surface area contributed by atoms with Crippen molar-refractivity contribution in [3.05, 3.63) is 16.1 Å². The van der Waals surface area contributed by atoms with Gasteiger partial charge in [0.1, 0.15) is 5.01 Å². The van der Waals surface area contributed by atoms with Gasteiger partial charge in [0.15, 0.2) is 0 Å². The van der Waals surface area contributed by atoms with E-state index in [4.69, 9.17) is 5.73 Å². The van der Waals surface area contributed by atoms with Crippen LogP contribution in [-0.2, 0) is 11.3 Å². The van der Waals surface area contributed by atoms with Gasteiger partial charge in [-0.1, -0.05) is 0 Å². The van der Waals surface area contributed by atoms with Crippen molar-refractivity contribution in [1.82, 2.24) is 10.3 Å². The fourth-order valence-electron chi connectivity index (χ4n) is 0.971. The van der Waals surface area contributed by atoms with Gasteiger partial charge in [0.05, 0.1) is 12.0 Å². The molecule has 1 aromatic rings. The molecule has 0 saturated heterocycles. The van der Waals surface area contributed by atoms with Crippen molar-refractivity contribution in [3.8, 4) is 0 Å². The fraction of sp³-hybridized carbons (Fsp3) is 0.600. The normalized spacial score (nSPS) is 11.5. The van der Waals surface area contributed by atoms with Crippen LogP contribution >= 0.6 is 11.3 Å². The van der Waals surface area contributed by atoms with E-state index >= 15 is 0 Å². The van der Waals surface area contributed by atoms with Crippen molar-refractivity contribution in [2.24, 2.45) is 11.1 Å². The first-order valence-corrected chi connectivity index (χ1v) is 5.67. The zero-order valence-corrected chi connectivity index (χ0v) is 10.1. The number of hydrogen-bond acceptors (Lipinski definition) is 4. The van der Waals surface area contributed by atoms with Crippen LogP contribution < -0.4 is 11.1 Å². The van der Waals surface area contributed by atoms with E-state index in [1.165, 1.54) is 0 Å². The second-order valence-corrected chi connectivity index (χ2v) is 5.45. The summed E-state index contributed by atoms with van der Waals surface area (Å²) in [6, 6.07) is 0. The number of aromatic nitrogens is 1. The molecule has 0 aliphatic carbocycles. The van der Waals surface area contributed by atoms with Gasteiger partial charge in [-0.05, 0) is 20.8 Å². The number of nitrogens with zero attached hydrogens (tertiary/aromatic N) is 1. The molecule has 0 spiro atoms. The van der Waals surface area contributed by atoms with Crippen molar-refractivity contribution in [3.63, 3.8) is 0 Å². The maximum absolute atomic E-state index is 11.7. The number of nitrogens with two attached hydrogens (primary N) is 1. The van der Waals surface area contributed by atoms with Crippen LogP contribution in [-0.4, -0.2) is 17.4 Å². The number of nitrogens with one attached hydrogen (secondary N) is 1. The highest BCUT2D eigenvalue weighted by molar-refractivity contribution is 7.11. The van der Waals surface area contributed by atoms with E-state index < -0.39 is 5.41 Å². The zero-order chi connectivity index (χ0) is 11.5. The Kier molecular flexibility index (Phi) is 3.82. The summed E-state index contributed by atoms with van der Waals surface area (Å²) in [4.78, 5) is 17.0. The molecular weight excluding hydrogens is 210 g/mol. The van der Waals surface area contributed by atoms with E-state index in [2.05, 4.69) is 10.3 Å². The summed E-state index contributed by atoms with van der Waals surface area (Å²) in [5, 5.41) is 3.76. The first-order chi connectivity index (χ1) is 6.95. The van der Waals surface area contributed by atoms with Crippen LogP contribution in [0.1, 0.15) is 23.7 Å². The van der Waals surface area contributed by atoms with E-state index in [0.29, 0.717) is 13.1 Å².